The summed E-state index contributed by atoms with van der Waals surface area (Å²) in [6.07, 6.45) is 13.3. The number of rotatable bonds is 15. The average Bonchev–Trinajstić information content (AvgIpc) is 3.48. The fourth-order valence-corrected chi connectivity index (χ4v) is 7.24. The SMILES string of the molecule is CCc1c(C(=O)C(N)=O)c2c(OCC(=O)O)cccn2c1CC.CCc1c(C(=O)C(N)=O)c2c(OCC(=O)O)cccn2c1CC1CCCCCC1. The number of pyridine rings is 2. The van der Waals surface area contributed by atoms with Crippen LogP contribution in [0.25, 0.3) is 11.0 Å². The van der Waals surface area contributed by atoms with E-state index >= 15 is 0 Å². The van der Waals surface area contributed by atoms with Crippen molar-refractivity contribution in [1.82, 2.24) is 8.80 Å². The van der Waals surface area contributed by atoms with Crippen LogP contribution >= 0.6 is 0 Å². The summed E-state index contributed by atoms with van der Waals surface area (Å²) in [7, 11) is 0. The van der Waals surface area contributed by atoms with E-state index in [1.54, 1.807) is 34.9 Å². The van der Waals surface area contributed by atoms with Crippen LogP contribution in [0.5, 0.6) is 11.5 Å². The second kappa shape index (κ2) is 17.5. The molecule has 0 saturated heterocycles. The number of Topliss-reactive ketones (excluding diaryl/α,β-unsaturated/α-hetero) is 2. The largest absolute Gasteiger partial charge is 0.480 e. The Balaban J connectivity index is 0.000000239. The van der Waals surface area contributed by atoms with E-state index in [9.17, 15) is 28.8 Å². The highest BCUT2D eigenvalue weighted by Crippen LogP contribution is 2.36. The Hall–Kier alpha value is -5.66. The summed E-state index contributed by atoms with van der Waals surface area (Å²) in [6.45, 7) is 4.68. The van der Waals surface area contributed by atoms with Gasteiger partial charge in [0.15, 0.2) is 13.2 Å². The number of carbonyl (C=O) groups is 6. The van der Waals surface area contributed by atoms with Gasteiger partial charge < -0.3 is 40.0 Å². The molecule has 0 radical (unpaired) electrons. The number of primary amides is 2. The third-order valence-electron chi connectivity index (χ3n) is 9.37. The summed E-state index contributed by atoms with van der Waals surface area (Å²) in [4.78, 5) is 69.9. The number of aromatic nitrogens is 2. The fraction of sp³-hybridized carbons (Fsp3) is 0.421. The molecule has 4 aromatic heterocycles. The van der Waals surface area contributed by atoms with E-state index in [4.69, 9.17) is 31.2 Å². The zero-order valence-electron chi connectivity index (χ0n) is 29.7. The number of carbonyl (C=O) groups excluding carboxylic acids is 4. The monoisotopic (exact) mass is 718 g/mol. The zero-order valence-corrected chi connectivity index (χ0v) is 29.7. The summed E-state index contributed by atoms with van der Waals surface area (Å²) >= 11 is 0. The summed E-state index contributed by atoms with van der Waals surface area (Å²) in [5.74, 6) is -4.88. The minimum atomic E-state index is -1.13. The molecule has 5 rings (SSSR count). The molecule has 4 aromatic rings. The van der Waals surface area contributed by atoms with Crippen molar-refractivity contribution in [3.63, 3.8) is 0 Å². The summed E-state index contributed by atoms with van der Waals surface area (Å²) < 4.78 is 14.4. The highest BCUT2D eigenvalue weighted by Gasteiger charge is 2.30. The van der Waals surface area contributed by atoms with Crippen LogP contribution in [0.1, 0.15) is 103 Å². The van der Waals surface area contributed by atoms with Gasteiger partial charge in [0, 0.05) is 23.8 Å². The fourth-order valence-electron chi connectivity index (χ4n) is 7.24. The van der Waals surface area contributed by atoms with Gasteiger partial charge in [-0.25, -0.2) is 9.59 Å². The standard InChI is InChI=1S/C22H28N2O5.C16H18N2O5/c1-2-15-16(12-14-8-5-3-4-6-9-14)24-11-7-10-17(29-13-18(25)26)20(24)19(15)21(27)22(23)28;1-3-9-10(4-2)18-7-5-6-11(23-8-12(19)20)14(18)13(9)15(21)16(17)22/h7,10-11,14H,2-6,8-9,12-13H2,1H3,(H2,23,28)(H,25,26);5-7H,3-4,8H2,1-2H3,(H2,17,22)(H,19,20). The molecule has 6 N–H and O–H groups in total. The van der Waals surface area contributed by atoms with E-state index in [0.717, 1.165) is 41.8 Å². The van der Waals surface area contributed by atoms with Gasteiger partial charge in [-0.3, -0.25) is 19.2 Å². The number of ketones is 2. The Morgan fingerprint density at radius 2 is 1.10 bits per heavy atom. The highest BCUT2D eigenvalue weighted by molar-refractivity contribution is 6.45. The van der Waals surface area contributed by atoms with Crippen LogP contribution in [0.3, 0.4) is 0 Å². The number of carboxylic acid groups (broad SMARTS) is 2. The molecule has 278 valence electrons. The molecule has 52 heavy (non-hydrogen) atoms. The van der Waals surface area contributed by atoms with Gasteiger partial charge in [0.25, 0.3) is 23.4 Å². The Bertz CT molecular complexity index is 2000. The van der Waals surface area contributed by atoms with Gasteiger partial charge in [0.05, 0.1) is 22.2 Å². The molecule has 14 heteroatoms. The normalized spacial score (nSPS) is 13.2. The molecule has 1 aliphatic carbocycles. The van der Waals surface area contributed by atoms with Crippen LogP contribution in [0.15, 0.2) is 36.7 Å². The zero-order chi connectivity index (χ0) is 38.1. The van der Waals surface area contributed by atoms with Gasteiger partial charge in [-0.1, -0.05) is 59.3 Å². The number of amides is 2. The van der Waals surface area contributed by atoms with Crippen molar-refractivity contribution in [2.24, 2.45) is 17.4 Å². The van der Waals surface area contributed by atoms with E-state index in [1.165, 1.54) is 25.7 Å². The molecular formula is C38H46N4O10. The maximum Gasteiger partial charge on any atom is 0.341 e. The van der Waals surface area contributed by atoms with Crippen molar-refractivity contribution in [2.45, 2.75) is 85.0 Å². The van der Waals surface area contributed by atoms with E-state index in [0.29, 0.717) is 36.2 Å². The first-order valence-electron chi connectivity index (χ1n) is 17.5. The number of hydrogen-bond donors (Lipinski definition) is 4. The lowest BCUT2D eigenvalue weighted by Gasteiger charge is -2.16. The molecule has 2 amide bonds. The van der Waals surface area contributed by atoms with E-state index in [2.05, 4.69) is 0 Å². The number of aliphatic carboxylic acids is 2. The van der Waals surface area contributed by atoms with Crippen molar-refractivity contribution in [3.8, 4) is 11.5 Å². The third kappa shape index (κ3) is 8.44. The maximum atomic E-state index is 12.7. The highest BCUT2D eigenvalue weighted by atomic mass is 16.5. The number of nitrogens with zero attached hydrogens (tertiary/aromatic N) is 2. The molecule has 0 bridgehead atoms. The van der Waals surface area contributed by atoms with Gasteiger partial charge in [0.1, 0.15) is 11.5 Å². The number of fused-ring (bicyclic) bond motifs is 2. The Kier molecular flexibility index (Phi) is 13.2. The number of ether oxygens (including phenoxy) is 2. The first-order chi connectivity index (χ1) is 24.9. The van der Waals surface area contributed by atoms with Crippen LogP contribution in [-0.4, -0.2) is 67.5 Å². The number of aryl methyl sites for hydroxylation is 1. The smallest absolute Gasteiger partial charge is 0.341 e. The third-order valence-corrected chi connectivity index (χ3v) is 9.37. The Morgan fingerprint density at radius 3 is 1.48 bits per heavy atom. The van der Waals surface area contributed by atoms with Crippen LogP contribution < -0.4 is 20.9 Å². The first-order valence-corrected chi connectivity index (χ1v) is 17.5. The number of hydrogen-bond acceptors (Lipinski definition) is 8. The van der Waals surface area contributed by atoms with Crippen molar-refractivity contribution < 1.29 is 48.5 Å². The minimum Gasteiger partial charge on any atom is -0.480 e. The van der Waals surface area contributed by atoms with Gasteiger partial charge in [-0.2, -0.15) is 0 Å². The first kappa shape index (κ1) is 39.1. The minimum absolute atomic E-state index is 0.192. The maximum absolute atomic E-state index is 12.7. The quantitative estimate of drug-likeness (QED) is 0.0773. The van der Waals surface area contributed by atoms with Crippen LogP contribution in [-0.2, 0) is 44.9 Å². The molecule has 0 aromatic carbocycles. The molecular weight excluding hydrogens is 672 g/mol. The molecule has 4 heterocycles. The Labute approximate surface area is 300 Å². The Morgan fingerprint density at radius 1 is 0.673 bits per heavy atom. The predicted molar refractivity (Wildman–Crippen MR) is 191 cm³/mol. The summed E-state index contributed by atoms with van der Waals surface area (Å²) in [6, 6.07) is 6.64. The number of nitrogens with two attached hydrogens (primary N) is 2. The lowest BCUT2D eigenvalue weighted by molar-refractivity contribution is -0.140. The van der Waals surface area contributed by atoms with Crippen LogP contribution in [0.4, 0.5) is 0 Å². The van der Waals surface area contributed by atoms with Crippen LogP contribution in [0, 0.1) is 5.92 Å². The lowest BCUT2D eigenvalue weighted by Crippen LogP contribution is -2.24. The summed E-state index contributed by atoms with van der Waals surface area (Å²) in [5.41, 5.74) is 15.1. The molecule has 14 nitrogen and oxygen atoms in total. The summed E-state index contributed by atoms with van der Waals surface area (Å²) in [5, 5.41) is 17.8. The topological polar surface area (TPSA) is 222 Å². The van der Waals surface area contributed by atoms with Gasteiger partial charge >= 0.3 is 11.9 Å². The second-order valence-corrected chi connectivity index (χ2v) is 12.7. The predicted octanol–water partition coefficient (Wildman–Crippen LogP) is 4.34. The molecule has 0 unspecified atom stereocenters. The van der Waals surface area contributed by atoms with Crippen molar-refractivity contribution >= 4 is 46.4 Å². The van der Waals surface area contributed by atoms with E-state index in [1.807, 2.05) is 31.4 Å². The van der Waals surface area contributed by atoms with Gasteiger partial charge in [-0.05, 0) is 67.0 Å². The molecule has 1 fully saturated rings. The second-order valence-electron chi connectivity index (χ2n) is 12.7. The lowest BCUT2D eigenvalue weighted by atomic mass is 9.92. The average molecular weight is 719 g/mol. The van der Waals surface area contributed by atoms with Crippen molar-refractivity contribution in [2.75, 3.05) is 13.2 Å². The van der Waals surface area contributed by atoms with Gasteiger partial charge in [-0.15, -0.1) is 0 Å². The van der Waals surface area contributed by atoms with Crippen LogP contribution in [0.2, 0.25) is 0 Å². The van der Waals surface area contributed by atoms with Crippen molar-refractivity contribution in [3.05, 3.63) is 70.3 Å². The molecule has 1 aliphatic rings. The molecule has 1 saturated carbocycles. The number of carboxylic acids is 2. The molecule has 0 aliphatic heterocycles. The van der Waals surface area contributed by atoms with Gasteiger partial charge in [0.2, 0.25) is 0 Å². The molecule has 0 atom stereocenters. The van der Waals surface area contributed by atoms with E-state index in [-0.39, 0.29) is 22.6 Å². The van der Waals surface area contributed by atoms with Crippen molar-refractivity contribution in [1.29, 1.82) is 0 Å². The molecule has 0 spiro atoms. The van der Waals surface area contributed by atoms with E-state index < -0.39 is 48.5 Å².